The molecule has 1 unspecified atom stereocenters. The molecule has 1 aliphatic rings. The second kappa shape index (κ2) is 4.35. The number of ether oxygens (including phenoxy) is 1. The quantitative estimate of drug-likeness (QED) is 0.857. The van der Waals surface area contributed by atoms with Gasteiger partial charge < -0.3 is 10.5 Å². The largest absolute Gasteiger partial charge is 0.485 e. The Morgan fingerprint density at radius 1 is 1.42 bits per heavy atom. The summed E-state index contributed by atoms with van der Waals surface area (Å²) >= 11 is 0. The molecule has 0 spiro atoms. The first-order valence-electron chi connectivity index (χ1n) is 6.26. The van der Waals surface area contributed by atoms with Crippen molar-refractivity contribution < 1.29 is 9.13 Å². The van der Waals surface area contributed by atoms with Gasteiger partial charge in [0.25, 0.3) is 0 Å². The zero-order chi connectivity index (χ0) is 13.6. The molecule has 5 heteroatoms. The molecule has 0 bridgehead atoms. The van der Waals surface area contributed by atoms with E-state index in [-0.39, 0.29) is 18.0 Å². The molecule has 100 valence electrons. The number of halogens is 1. The van der Waals surface area contributed by atoms with Gasteiger partial charge in [-0.1, -0.05) is 6.07 Å². The van der Waals surface area contributed by atoms with Crippen LogP contribution in [0.2, 0.25) is 0 Å². The topological polar surface area (TPSA) is 53.1 Å². The maximum atomic E-state index is 13.3. The van der Waals surface area contributed by atoms with Crippen LogP contribution in [0.15, 0.2) is 24.4 Å². The van der Waals surface area contributed by atoms with Gasteiger partial charge in [0.2, 0.25) is 0 Å². The predicted octanol–water partition coefficient (Wildman–Crippen LogP) is 2.39. The standard InChI is InChI=1S/C14H16FN3O/c1-8-11(7-17-18(8)2)14-6-12(16)10-4-3-9(15)5-13(10)19-14/h3-5,7,12,14H,6,16H2,1-2H3/t12-,14?/m1/s1. The fourth-order valence-corrected chi connectivity index (χ4v) is 2.50. The van der Waals surface area contributed by atoms with Gasteiger partial charge >= 0.3 is 0 Å². The average molecular weight is 261 g/mol. The highest BCUT2D eigenvalue weighted by atomic mass is 19.1. The van der Waals surface area contributed by atoms with Crippen LogP contribution in [-0.2, 0) is 7.05 Å². The van der Waals surface area contributed by atoms with E-state index in [4.69, 9.17) is 10.5 Å². The van der Waals surface area contributed by atoms with E-state index >= 15 is 0 Å². The number of rotatable bonds is 1. The number of aromatic nitrogens is 2. The van der Waals surface area contributed by atoms with Gasteiger partial charge in [0.05, 0.1) is 6.20 Å². The van der Waals surface area contributed by atoms with Crippen molar-refractivity contribution in [1.82, 2.24) is 9.78 Å². The molecule has 0 saturated heterocycles. The number of hydrogen-bond donors (Lipinski definition) is 1. The molecule has 2 N–H and O–H groups in total. The van der Waals surface area contributed by atoms with Crippen molar-refractivity contribution in [3.05, 3.63) is 47.0 Å². The van der Waals surface area contributed by atoms with Crippen LogP contribution in [0, 0.1) is 12.7 Å². The van der Waals surface area contributed by atoms with Crippen LogP contribution in [0.3, 0.4) is 0 Å². The minimum atomic E-state index is -0.311. The molecule has 0 amide bonds. The Morgan fingerprint density at radius 2 is 2.21 bits per heavy atom. The lowest BCUT2D eigenvalue weighted by molar-refractivity contribution is 0.160. The number of hydrogen-bond acceptors (Lipinski definition) is 3. The minimum Gasteiger partial charge on any atom is -0.485 e. The van der Waals surface area contributed by atoms with E-state index in [1.165, 1.54) is 12.1 Å². The SMILES string of the molecule is Cc1c(C2C[C@@H](N)c3ccc(F)cc3O2)cnn1C. The van der Waals surface area contributed by atoms with Crippen molar-refractivity contribution >= 4 is 0 Å². The van der Waals surface area contributed by atoms with E-state index in [1.807, 2.05) is 14.0 Å². The Morgan fingerprint density at radius 3 is 2.89 bits per heavy atom. The number of nitrogens with zero attached hydrogens (tertiary/aromatic N) is 2. The zero-order valence-electron chi connectivity index (χ0n) is 10.9. The van der Waals surface area contributed by atoms with Crippen LogP contribution in [0.4, 0.5) is 4.39 Å². The first-order valence-corrected chi connectivity index (χ1v) is 6.26. The molecule has 0 saturated carbocycles. The molecule has 0 radical (unpaired) electrons. The van der Waals surface area contributed by atoms with Crippen LogP contribution in [0.5, 0.6) is 5.75 Å². The molecular formula is C14H16FN3O. The maximum Gasteiger partial charge on any atom is 0.129 e. The number of aryl methyl sites for hydroxylation is 1. The molecule has 1 aliphatic heterocycles. The van der Waals surface area contributed by atoms with Crippen molar-refractivity contribution in [1.29, 1.82) is 0 Å². The van der Waals surface area contributed by atoms with Gasteiger partial charge in [-0.15, -0.1) is 0 Å². The van der Waals surface area contributed by atoms with Crippen LogP contribution >= 0.6 is 0 Å². The van der Waals surface area contributed by atoms with Gasteiger partial charge in [0.1, 0.15) is 17.7 Å². The molecule has 1 aromatic carbocycles. The fraction of sp³-hybridized carbons (Fsp3) is 0.357. The van der Waals surface area contributed by atoms with Gasteiger partial charge in [-0.25, -0.2) is 4.39 Å². The van der Waals surface area contributed by atoms with Gasteiger partial charge in [0, 0.05) is 42.4 Å². The molecule has 2 heterocycles. The smallest absolute Gasteiger partial charge is 0.129 e. The van der Waals surface area contributed by atoms with Gasteiger partial charge in [-0.2, -0.15) is 5.10 Å². The normalized spacial score (nSPS) is 21.9. The first kappa shape index (κ1) is 12.2. The summed E-state index contributed by atoms with van der Waals surface area (Å²) in [6, 6.07) is 4.36. The highest BCUT2D eigenvalue weighted by molar-refractivity contribution is 5.39. The lowest BCUT2D eigenvalue weighted by Crippen LogP contribution is -2.24. The molecular weight excluding hydrogens is 245 g/mol. The second-order valence-electron chi connectivity index (χ2n) is 4.94. The second-order valence-corrected chi connectivity index (χ2v) is 4.94. The lowest BCUT2D eigenvalue weighted by atomic mass is 9.94. The third-order valence-corrected chi connectivity index (χ3v) is 3.73. The van der Waals surface area contributed by atoms with Crippen LogP contribution in [0.1, 0.15) is 35.4 Å². The van der Waals surface area contributed by atoms with Crippen LogP contribution in [-0.4, -0.2) is 9.78 Å². The average Bonchev–Trinajstić information content (AvgIpc) is 2.69. The molecule has 2 aromatic rings. The Hall–Kier alpha value is -1.88. The van der Waals surface area contributed by atoms with Crippen molar-refractivity contribution in [2.45, 2.75) is 25.5 Å². The molecule has 2 atom stereocenters. The zero-order valence-corrected chi connectivity index (χ0v) is 10.9. The van der Waals surface area contributed by atoms with Gasteiger partial charge in [-0.3, -0.25) is 4.68 Å². The van der Waals surface area contributed by atoms with Crippen molar-refractivity contribution in [3.63, 3.8) is 0 Å². The van der Waals surface area contributed by atoms with E-state index in [1.54, 1.807) is 16.9 Å². The number of benzene rings is 1. The summed E-state index contributed by atoms with van der Waals surface area (Å²) < 4.78 is 21.0. The Balaban J connectivity index is 1.98. The van der Waals surface area contributed by atoms with Gasteiger partial charge in [-0.05, 0) is 13.0 Å². The summed E-state index contributed by atoms with van der Waals surface area (Å²) in [5.74, 6) is 0.224. The molecule has 3 rings (SSSR count). The number of fused-ring (bicyclic) bond motifs is 1. The fourth-order valence-electron chi connectivity index (χ4n) is 2.50. The van der Waals surface area contributed by atoms with E-state index in [2.05, 4.69) is 5.10 Å². The number of nitrogens with two attached hydrogens (primary N) is 1. The third-order valence-electron chi connectivity index (χ3n) is 3.73. The molecule has 4 nitrogen and oxygen atoms in total. The molecule has 0 aliphatic carbocycles. The third kappa shape index (κ3) is 2.00. The van der Waals surface area contributed by atoms with Crippen LogP contribution < -0.4 is 10.5 Å². The van der Waals surface area contributed by atoms with E-state index in [0.29, 0.717) is 12.2 Å². The highest BCUT2D eigenvalue weighted by Crippen LogP contribution is 2.40. The van der Waals surface area contributed by atoms with E-state index < -0.39 is 0 Å². The highest BCUT2D eigenvalue weighted by Gasteiger charge is 2.29. The molecule has 19 heavy (non-hydrogen) atoms. The summed E-state index contributed by atoms with van der Waals surface area (Å²) in [6.07, 6.45) is 2.29. The Kier molecular flexibility index (Phi) is 2.78. The Labute approximate surface area is 111 Å². The lowest BCUT2D eigenvalue weighted by Gasteiger charge is -2.30. The van der Waals surface area contributed by atoms with Gasteiger partial charge in [0.15, 0.2) is 0 Å². The molecule has 0 fully saturated rings. The minimum absolute atomic E-state index is 0.144. The maximum absolute atomic E-state index is 13.3. The van der Waals surface area contributed by atoms with E-state index in [0.717, 1.165) is 16.8 Å². The summed E-state index contributed by atoms with van der Waals surface area (Å²) in [4.78, 5) is 0. The first-order chi connectivity index (χ1) is 9.06. The van der Waals surface area contributed by atoms with Crippen molar-refractivity contribution in [3.8, 4) is 5.75 Å². The van der Waals surface area contributed by atoms with Crippen LogP contribution in [0.25, 0.3) is 0 Å². The summed E-state index contributed by atoms with van der Waals surface area (Å²) in [5.41, 5.74) is 9.06. The monoisotopic (exact) mass is 261 g/mol. The Bertz CT molecular complexity index is 623. The summed E-state index contributed by atoms with van der Waals surface area (Å²) in [7, 11) is 1.88. The molecule has 1 aromatic heterocycles. The summed E-state index contributed by atoms with van der Waals surface area (Å²) in [5, 5.41) is 4.21. The predicted molar refractivity (Wildman–Crippen MR) is 69.3 cm³/mol. The summed E-state index contributed by atoms with van der Waals surface area (Å²) in [6.45, 7) is 1.98. The van der Waals surface area contributed by atoms with Crippen molar-refractivity contribution in [2.75, 3.05) is 0 Å². The van der Waals surface area contributed by atoms with Crippen molar-refractivity contribution in [2.24, 2.45) is 12.8 Å². The van der Waals surface area contributed by atoms with E-state index in [9.17, 15) is 4.39 Å².